The molecule has 0 fully saturated rings. The fourth-order valence-corrected chi connectivity index (χ4v) is 5.26. The third-order valence-corrected chi connectivity index (χ3v) is 7.57. The van der Waals surface area contributed by atoms with Crippen molar-refractivity contribution in [3.8, 4) is 11.5 Å². The Morgan fingerprint density at radius 2 is 1.36 bits per heavy atom. The molecule has 1 atom stereocenters. The molecule has 0 aromatic heterocycles. The number of ether oxygens (including phenoxy) is 1. The maximum atomic E-state index is 11.3. The summed E-state index contributed by atoms with van der Waals surface area (Å²) in [6, 6.07) is 1.71. The van der Waals surface area contributed by atoms with Gasteiger partial charge in [-0.15, -0.1) is 0 Å². The molecule has 3 nitrogen and oxygen atoms in total. The Hall–Kier alpha value is -1.51. The van der Waals surface area contributed by atoms with Gasteiger partial charge in [-0.2, -0.15) is 0 Å². The number of carbonyl (C=O) groups excluding carboxylic acids is 1. The van der Waals surface area contributed by atoms with Crippen molar-refractivity contribution in [1.29, 1.82) is 0 Å². The molecule has 1 N–H and O–H groups in total. The number of hydrogen-bond donors (Lipinski definition) is 1. The summed E-state index contributed by atoms with van der Waals surface area (Å²) >= 11 is 0. The molecule has 0 spiro atoms. The lowest BCUT2D eigenvalue weighted by molar-refractivity contribution is 0.0523. The Balaban J connectivity index is 1.49. The van der Waals surface area contributed by atoms with Crippen molar-refractivity contribution >= 4 is 6.29 Å². The van der Waals surface area contributed by atoms with Gasteiger partial charge >= 0.3 is 0 Å². The first-order valence-corrected chi connectivity index (χ1v) is 14.0. The minimum absolute atomic E-state index is 0.0752. The van der Waals surface area contributed by atoms with E-state index in [4.69, 9.17) is 4.74 Å². The second kappa shape index (κ2) is 15.4. The predicted octanol–water partition coefficient (Wildman–Crippen LogP) is 9.25. The molecule has 1 aromatic rings. The lowest BCUT2D eigenvalue weighted by Gasteiger charge is -2.37. The van der Waals surface area contributed by atoms with E-state index in [1.54, 1.807) is 6.07 Å². The third kappa shape index (κ3) is 9.71. The van der Waals surface area contributed by atoms with Gasteiger partial charge in [-0.1, -0.05) is 103 Å². The van der Waals surface area contributed by atoms with Crippen LogP contribution < -0.4 is 4.74 Å². The van der Waals surface area contributed by atoms with Crippen molar-refractivity contribution in [3.05, 3.63) is 22.8 Å². The summed E-state index contributed by atoms with van der Waals surface area (Å²) in [5.41, 5.74) is 2.00. The molecule has 1 aliphatic rings. The third-order valence-electron chi connectivity index (χ3n) is 7.57. The van der Waals surface area contributed by atoms with Crippen molar-refractivity contribution in [2.75, 3.05) is 0 Å². The van der Waals surface area contributed by atoms with Gasteiger partial charge in [-0.3, -0.25) is 4.79 Å². The van der Waals surface area contributed by atoms with Crippen LogP contribution >= 0.6 is 0 Å². The molecule has 2 rings (SSSR count). The quantitative estimate of drug-likeness (QED) is 0.176. The second-order valence-corrected chi connectivity index (χ2v) is 10.6. The smallest absolute Gasteiger partial charge is 0.154 e. The van der Waals surface area contributed by atoms with E-state index in [1.807, 2.05) is 6.92 Å². The molecule has 1 heterocycles. The molecule has 0 amide bonds. The Morgan fingerprint density at radius 1 is 0.879 bits per heavy atom. The van der Waals surface area contributed by atoms with Crippen LogP contribution in [0.3, 0.4) is 0 Å². The van der Waals surface area contributed by atoms with Crippen molar-refractivity contribution in [3.63, 3.8) is 0 Å². The van der Waals surface area contributed by atoms with E-state index in [-0.39, 0.29) is 11.4 Å². The molecule has 0 bridgehead atoms. The maximum Gasteiger partial charge on any atom is 0.154 e. The standard InChI is InChI=1S/C30H50O3/c1-4-5-6-7-8-9-10-11-12-13-14-15-16-17-18-19-21-30(3)22-20-26-23-28(32)27(24-31)25(2)29(26)33-30/h23-24,32H,4-22H2,1-3H3/t30-/m0/s1. The Kier molecular flexibility index (Phi) is 12.9. The molecule has 1 aliphatic heterocycles. The molecule has 0 aliphatic carbocycles. The highest BCUT2D eigenvalue weighted by Gasteiger charge is 2.33. The topological polar surface area (TPSA) is 46.5 Å². The summed E-state index contributed by atoms with van der Waals surface area (Å²) in [5.74, 6) is 0.895. The molecular formula is C30H50O3. The van der Waals surface area contributed by atoms with E-state index in [2.05, 4.69) is 13.8 Å². The number of aldehydes is 1. The summed E-state index contributed by atoms with van der Waals surface area (Å²) < 4.78 is 6.40. The second-order valence-electron chi connectivity index (χ2n) is 10.6. The van der Waals surface area contributed by atoms with Gasteiger partial charge in [0.1, 0.15) is 17.1 Å². The minimum atomic E-state index is -0.162. The van der Waals surface area contributed by atoms with Crippen LogP contribution in [0.2, 0.25) is 0 Å². The molecule has 188 valence electrons. The van der Waals surface area contributed by atoms with Crippen LogP contribution in [0.15, 0.2) is 6.07 Å². The highest BCUT2D eigenvalue weighted by Crippen LogP contribution is 2.41. The average molecular weight is 459 g/mol. The number of aryl methyl sites for hydroxylation is 1. The summed E-state index contributed by atoms with van der Waals surface area (Å²) in [6.45, 7) is 6.37. The first-order chi connectivity index (χ1) is 16.0. The Bertz CT molecular complexity index is 696. The molecule has 0 saturated carbocycles. The normalized spacial score (nSPS) is 17.5. The summed E-state index contributed by atoms with van der Waals surface area (Å²) in [7, 11) is 0. The van der Waals surface area contributed by atoms with Crippen molar-refractivity contribution in [2.45, 2.75) is 148 Å². The van der Waals surface area contributed by atoms with Gasteiger partial charge in [-0.05, 0) is 51.2 Å². The zero-order valence-electron chi connectivity index (χ0n) is 21.9. The first-order valence-electron chi connectivity index (χ1n) is 14.0. The number of unbranched alkanes of at least 4 members (excludes halogenated alkanes) is 15. The summed E-state index contributed by atoms with van der Waals surface area (Å²) in [6.07, 6.45) is 25.8. The zero-order valence-corrected chi connectivity index (χ0v) is 21.9. The number of carbonyl (C=O) groups is 1. The minimum Gasteiger partial charge on any atom is -0.507 e. The Morgan fingerprint density at radius 3 is 1.85 bits per heavy atom. The van der Waals surface area contributed by atoms with Crippen LogP contribution in [0, 0.1) is 6.92 Å². The number of fused-ring (bicyclic) bond motifs is 1. The fraction of sp³-hybridized carbons (Fsp3) is 0.767. The number of rotatable bonds is 18. The molecule has 3 heteroatoms. The molecular weight excluding hydrogens is 408 g/mol. The number of phenolic OH excluding ortho intramolecular Hbond substituents is 1. The highest BCUT2D eigenvalue weighted by atomic mass is 16.5. The SMILES string of the molecule is CCCCCCCCCCCCCCCCCC[C@@]1(C)CCc2cc(O)c(C=O)c(C)c2O1. The van der Waals surface area contributed by atoms with Gasteiger partial charge in [0.05, 0.1) is 5.56 Å². The number of benzene rings is 1. The van der Waals surface area contributed by atoms with Crippen LogP contribution in [0.5, 0.6) is 11.5 Å². The highest BCUT2D eigenvalue weighted by molar-refractivity contribution is 5.83. The van der Waals surface area contributed by atoms with Crippen molar-refractivity contribution in [2.24, 2.45) is 0 Å². The van der Waals surface area contributed by atoms with Crippen LogP contribution in [-0.4, -0.2) is 17.0 Å². The molecule has 0 unspecified atom stereocenters. The predicted molar refractivity (Wildman–Crippen MR) is 140 cm³/mol. The maximum absolute atomic E-state index is 11.3. The summed E-state index contributed by atoms with van der Waals surface area (Å²) in [4.78, 5) is 11.3. The van der Waals surface area contributed by atoms with Crippen LogP contribution in [-0.2, 0) is 6.42 Å². The van der Waals surface area contributed by atoms with Gasteiger partial charge in [-0.25, -0.2) is 0 Å². The largest absolute Gasteiger partial charge is 0.507 e. The van der Waals surface area contributed by atoms with E-state index in [0.29, 0.717) is 5.56 Å². The monoisotopic (exact) mass is 458 g/mol. The van der Waals surface area contributed by atoms with E-state index >= 15 is 0 Å². The lowest BCUT2D eigenvalue weighted by atomic mass is 9.86. The fourth-order valence-electron chi connectivity index (χ4n) is 5.26. The van der Waals surface area contributed by atoms with Gasteiger partial charge in [0, 0.05) is 5.56 Å². The van der Waals surface area contributed by atoms with E-state index in [0.717, 1.165) is 42.4 Å². The zero-order chi connectivity index (χ0) is 23.9. The van der Waals surface area contributed by atoms with Gasteiger partial charge in [0.15, 0.2) is 6.29 Å². The van der Waals surface area contributed by atoms with Crippen molar-refractivity contribution < 1.29 is 14.6 Å². The summed E-state index contributed by atoms with van der Waals surface area (Å²) in [5, 5.41) is 10.1. The van der Waals surface area contributed by atoms with E-state index < -0.39 is 0 Å². The van der Waals surface area contributed by atoms with Gasteiger partial charge in [0.25, 0.3) is 0 Å². The number of aromatic hydroxyl groups is 1. The van der Waals surface area contributed by atoms with E-state index in [9.17, 15) is 9.90 Å². The van der Waals surface area contributed by atoms with Crippen LogP contribution in [0.4, 0.5) is 0 Å². The van der Waals surface area contributed by atoms with E-state index in [1.165, 1.54) is 103 Å². The van der Waals surface area contributed by atoms with Crippen LogP contribution in [0.25, 0.3) is 0 Å². The van der Waals surface area contributed by atoms with Crippen molar-refractivity contribution in [1.82, 2.24) is 0 Å². The Labute approximate surface area is 203 Å². The molecule has 1 aromatic carbocycles. The average Bonchev–Trinajstić information content (AvgIpc) is 2.80. The first kappa shape index (κ1) is 27.7. The van der Waals surface area contributed by atoms with Gasteiger partial charge in [0.2, 0.25) is 0 Å². The molecule has 0 saturated heterocycles. The molecule has 33 heavy (non-hydrogen) atoms. The van der Waals surface area contributed by atoms with Crippen LogP contribution in [0.1, 0.15) is 151 Å². The molecule has 0 radical (unpaired) electrons. The van der Waals surface area contributed by atoms with Gasteiger partial charge < -0.3 is 9.84 Å². The number of hydrogen-bond acceptors (Lipinski definition) is 3. The number of phenols is 1. The lowest BCUT2D eigenvalue weighted by Crippen LogP contribution is -2.36.